The summed E-state index contributed by atoms with van der Waals surface area (Å²) in [6.07, 6.45) is 1.02. The molecule has 1 rings (SSSR count). The summed E-state index contributed by atoms with van der Waals surface area (Å²) in [6, 6.07) is 10.1. The lowest BCUT2D eigenvalue weighted by Crippen LogP contribution is -2.20. The van der Waals surface area contributed by atoms with Gasteiger partial charge in [-0.25, -0.2) is 0 Å². The van der Waals surface area contributed by atoms with Crippen molar-refractivity contribution in [2.24, 2.45) is 0 Å². The van der Waals surface area contributed by atoms with E-state index in [4.69, 9.17) is 10.00 Å². The monoisotopic (exact) mass is 232 g/mol. The molecule has 3 nitrogen and oxygen atoms in total. The standard InChI is InChI=1S/C14H20N2O/c1-3-17-10-4-9-16-12(2)14-7-5-13(11-15)6-8-14/h5-8,12,16H,3-4,9-10H2,1-2H3. The Morgan fingerprint density at radius 2 is 2.06 bits per heavy atom. The molecule has 0 heterocycles. The highest BCUT2D eigenvalue weighted by Crippen LogP contribution is 2.12. The van der Waals surface area contributed by atoms with E-state index in [1.54, 1.807) is 0 Å². The van der Waals surface area contributed by atoms with Crippen LogP contribution in [0.3, 0.4) is 0 Å². The molecule has 0 aliphatic rings. The predicted octanol–water partition coefficient (Wildman–Crippen LogP) is 2.64. The van der Waals surface area contributed by atoms with Gasteiger partial charge in [0, 0.05) is 19.3 Å². The molecule has 0 radical (unpaired) electrons. The van der Waals surface area contributed by atoms with Crippen molar-refractivity contribution >= 4 is 0 Å². The highest BCUT2D eigenvalue weighted by molar-refractivity contribution is 5.32. The Morgan fingerprint density at radius 1 is 1.35 bits per heavy atom. The Balaban J connectivity index is 2.31. The number of hydrogen-bond donors (Lipinski definition) is 1. The van der Waals surface area contributed by atoms with Crippen molar-refractivity contribution in [3.63, 3.8) is 0 Å². The zero-order chi connectivity index (χ0) is 12.5. The summed E-state index contributed by atoms with van der Waals surface area (Å²) in [5.74, 6) is 0. The maximum absolute atomic E-state index is 8.71. The van der Waals surface area contributed by atoms with Crippen molar-refractivity contribution in [3.05, 3.63) is 35.4 Å². The Bertz CT molecular complexity index is 353. The third-order valence-electron chi connectivity index (χ3n) is 2.66. The summed E-state index contributed by atoms with van der Waals surface area (Å²) in [4.78, 5) is 0. The fourth-order valence-corrected chi connectivity index (χ4v) is 1.60. The van der Waals surface area contributed by atoms with Gasteiger partial charge in [0.05, 0.1) is 11.6 Å². The zero-order valence-electron chi connectivity index (χ0n) is 10.6. The first-order valence-electron chi connectivity index (χ1n) is 6.09. The van der Waals surface area contributed by atoms with Gasteiger partial charge in [-0.3, -0.25) is 0 Å². The lowest BCUT2D eigenvalue weighted by atomic mass is 10.1. The van der Waals surface area contributed by atoms with Crippen molar-refractivity contribution in [2.75, 3.05) is 19.8 Å². The zero-order valence-corrected chi connectivity index (χ0v) is 10.6. The van der Waals surface area contributed by atoms with Crippen LogP contribution in [0.4, 0.5) is 0 Å². The van der Waals surface area contributed by atoms with E-state index in [2.05, 4.69) is 18.3 Å². The van der Waals surface area contributed by atoms with Crippen molar-refractivity contribution in [1.29, 1.82) is 5.26 Å². The maximum Gasteiger partial charge on any atom is 0.0991 e. The van der Waals surface area contributed by atoms with E-state index >= 15 is 0 Å². The second-order valence-corrected chi connectivity index (χ2v) is 3.96. The van der Waals surface area contributed by atoms with Gasteiger partial charge < -0.3 is 10.1 Å². The molecule has 0 amide bonds. The molecule has 0 spiro atoms. The average Bonchev–Trinajstić information content (AvgIpc) is 2.38. The third kappa shape index (κ3) is 4.99. The van der Waals surface area contributed by atoms with Crippen molar-refractivity contribution in [2.45, 2.75) is 26.3 Å². The molecule has 0 aliphatic heterocycles. The number of benzene rings is 1. The van der Waals surface area contributed by atoms with Crippen LogP contribution in [-0.4, -0.2) is 19.8 Å². The van der Waals surface area contributed by atoms with Crippen LogP contribution in [0, 0.1) is 11.3 Å². The first-order valence-corrected chi connectivity index (χ1v) is 6.09. The van der Waals surface area contributed by atoms with Gasteiger partial charge in [0.2, 0.25) is 0 Å². The van der Waals surface area contributed by atoms with Gasteiger partial charge in [-0.2, -0.15) is 5.26 Å². The van der Waals surface area contributed by atoms with Crippen molar-refractivity contribution in [1.82, 2.24) is 5.32 Å². The molecule has 1 aromatic rings. The largest absolute Gasteiger partial charge is 0.382 e. The molecule has 1 N–H and O–H groups in total. The minimum atomic E-state index is 0.310. The fourth-order valence-electron chi connectivity index (χ4n) is 1.60. The highest BCUT2D eigenvalue weighted by atomic mass is 16.5. The Morgan fingerprint density at radius 3 is 2.65 bits per heavy atom. The van der Waals surface area contributed by atoms with Crippen LogP contribution >= 0.6 is 0 Å². The molecule has 1 aromatic carbocycles. The van der Waals surface area contributed by atoms with Crippen LogP contribution in [0.25, 0.3) is 0 Å². The maximum atomic E-state index is 8.71. The van der Waals surface area contributed by atoms with Gasteiger partial charge in [-0.05, 0) is 44.5 Å². The first-order chi connectivity index (χ1) is 8.27. The molecule has 1 atom stereocenters. The molecule has 0 saturated carbocycles. The second kappa shape index (κ2) is 7.83. The quantitative estimate of drug-likeness (QED) is 0.735. The second-order valence-electron chi connectivity index (χ2n) is 3.96. The van der Waals surface area contributed by atoms with E-state index in [1.165, 1.54) is 5.56 Å². The fraction of sp³-hybridized carbons (Fsp3) is 0.500. The molecule has 17 heavy (non-hydrogen) atoms. The topological polar surface area (TPSA) is 45.0 Å². The van der Waals surface area contributed by atoms with E-state index < -0.39 is 0 Å². The van der Waals surface area contributed by atoms with Crippen LogP contribution in [-0.2, 0) is 4.74 Å². The molecule has 92 valence electrons. The Kier molecular flexibility index (Phi) is 6.31. The lowest BCUT2D eigenvalue weighted by Gasteiger charge is -2.14. The average molecular weight is 232 g/mol. The Labute approximate surface area is 103 Å². The van der Waals surface area contributed by atoms with E-state index in [1.807, 2.05) is 31.2 Å². The summed E-state index contributed by atoms with van der Waals surface area (Å²) in [6.45, 7) is 6.67. The number of nitrogens with zero attached hydrogens (tertiary/aromatic N) is 1. The smallest absolute Gasteiger partial charge is 0.0991 e. The van der Waals surface area contributed by atoms with Gasteiger partial charge >= 0.3 is 0 Å². The minimum absolute atomic E-state index is 0.310. The number of nitrogens with one attached hydrogen (secondary N) is 1. The molecule has 0 aliphatic carbocycles. The van der Waals surface area contributed by atoms with E-state index in [-0.39, 0.29) is 0 Å². The Hall–Kier alpha value is -1.37. The first kappa shape index (κ1) is 13.7. The molecular formula is C14H20N2O. The number of ether oxygens (including phenoxy) is 1. The highest BCUT2D eigenvalue weighted by Gasteiger charge is 2.03. The SMILES string of the molecule is CCOCCCNC(C)c1ccc(C#N)cc1. The van der Waals surface area contributed by atoms with Crippen molar-refractivity contribution < 1.29 is 4.74 Å². The third-order valence-corrected chi connectivity index (χ3v) is 2.66. The van der Waals surface area contributed by atoms with Crippen LogP contribution in [0.1, 0.15) is 37.4 Å². The summed E-state index contributed by atoms with van der Waals surface area (Å²) in [5, 5.41) is 12.1. The summed E-state index contributed by atoms with van der Waals surface area (Å²) >= 11 is 0. The van der Waals surface area contributed by atoms with Crippen LogP contribution in [0.15, 0.2) is 24.3 Å². The molecule has 3 heteroatoms. The van der Waals surface area contributed by atoms with E-state index in [9.17, 15) is 0 Å². The number of hydrogen-bond acceptors (Lipinski definition) is 3. The molecule has 1 unspecified atom stereocenters. The van der Waals surface area contributed by atoms with Gasteiger partial charge in [0.1, 0.15) is 0 Å². The minimum Gasteiger partial charge on any atom is -0.382 e. The summed E-state index contributed by atoms with van der Waals surface area (Å²) in [5.41, 5.74) is 1.91. The van der Waals surface area contributed by atoms with E-state index in [0.717, 1.165) is 26.2 Å². The molecule has 0 fully saturated rings. The molecular weight excluding hydrogens is 212 g/mol. The normalized spacial score (nSPS) is 12.1. The van der Waals surface area contributed by atoms with Gasteiger partial charge in [-0.1, -0.05) is 12.1 Å². The van der Waals surface area contributed by atoms with Gasteiger partial charge in [0.15, 0.2) is 0 Å². The molecule has 0 saturated heterocycles. The van der Waals surface area contributed by atoms with Gasteiger partial charge in [-0.15, -0.1) is 0 Å². The van der Waals surface area contributed by atoms with E-state index in [0.29, 0.717) is 11.6 Å². The summed E-state index contributed by atoms with van der Waals surface area (Å²) in [7, 11) is 0. The van der Waals surface area contributed by atoms with Crippen LogP contribution < -0.4 is 5.32 Å². The number of rotatable bonds is 7. The molecule has 0 aromatic heterocycles. The predicted molar refractivity (Wildman–Crippen MR) is 68.7 cm³/mol. The summed E-state index contributed by atoms with van der Waals surface area (Å²) < 4.78 is 5.28. The van der Waals surface area contributed by atoms with Crippen molar-refractivity contribution in [3.8, 4) is 6.07 Å². The van der Waals surface area contributed by atoms with Gasteiger partial charge in [0.25, 0.3) is 0 Å². The lowest BCUT2D eigenvalue weighted by molar-refractivity contribution is 0.144. The van der Waals surface area contributed by atoms with Crippen LogP contribution in [0.2, 0.25) is 0 Å². The molecule has 0 bridgehead atoms. The number of nitriles is 1. The van der Waals surface area contributed by atoms with Crippen LogP contribution in [0.5, 0.6) is 0 Å².